The van der Waals surface area contributed by atoms with E-state index in [1.807, 2.05) is 7.05 Å². The Labute approximate surface area is 96.0 Å². The zero-order chi connectivity index (χ0) is 11.8. The number of hydrogen-bond donors (Lipinski definition) is 1. The molecular formula is C11H9N5O. The first-order chi connectivity index (χ1) is 8.24. The molecule has 0 saturated heterocycles. The van der Waals surface area contributed by atoms with Crippen LogP contribution in [0.15, 0.2) is 35.8 Å². The fourth-order valence-corrected chi connectivity index (χ4v) is 1.65. The highest BCUT2D eigenvalue weighted by atomic mass is 16.1. The van der Waals surface area contributed by atoms with Crippen LogP contribution >= 0.6 is 0 Å². The molecule has 0 saturated carbocycles. The van der Waals surface area contributed by atoms with Crippen molar-refractivity contribution in [2.24, 2.45) is 7.05 Å². The molecule has 0 bridgehead atoms. The van der Waals surface area contributed by atoms with E-state index >= 15 is 0 Å². The van der Waals surface area contributed by atoms with Crippen molar-refractivity contribution in [3.05, 3.63) is 41.3 Å². The van der Waals surface area contributed by atoms with Gasteiger partial charge in [-0.2, -0.15) is 0 Å². The molecule has 0 atom stereocenters. The molecule has 3 aromatic rings. The van der Waals surface area contributed by atoms with Crippen molar-refractivity contribution in [2.45, 2.75) is 0 Å². The van der Waals surface area contributed by atoms with Gasteiger partial charge in [0.1, 0.15) is 5.69 Å². The van der Waals surface area contributed by atoms with Crippen molar-refractivity contribution in [3.63, 3.8) is 0 Å². The third kappa shape index (κ3) is 1.59. The fraction of sp³-hybridized carbons (Fsp3) is 0.0909. The molecule has 17 heavy (non-hydrogen) atoms. The van der Waals surface area contributed by atoms with Crippen LogP contribution in [0.4, 0.5) is 0 Å². The van der Waals surface area contributed by atoms with Gasteiger partial charge in [-0.15, -0.1) is 0 Å². The molecule has 6 heteroatoms. The third-order valence-electron chi connectivity index (χ3n) is 2.46. The van der Waals surface area contributed by atoms with Crippen LogP contribution in [0.3, 0.4) is 0 Å². The third-order valence-corrected chi connectivity index (χ3v) is 2.46. The summed E-state index contributed by atoms with van der Waals surface area (Å²) < 4.78 is 1.79. The van der Waals surface area contributed by atoms with Crippen LogP contribution in [0, 0.1) is 0 Å². The maximum absolute atomic E-state index is 11.8. The number of H-pyrrole nitrogens is 1. The lowest BCUT2D eigenvalue weighted by molar-refractivity contribution is 0.913. The second-order valence-electron chi connectivity index (χ2n) is 3.73. The SMILES string of the molecule is Cn1cnc(-c2nc3cnccc3c(=O)[nH]2)c1. The van der Waals surface area contributed by atoms with Gasteiger partial charge in [0.15, 0.2) is 5.82 Å². The van der Waals surface area contributed by atoms with Gasteiger partial charge in [0.05, 0.1) is 23.4 Å². The Kier molecular flexibility index (Phi) is 2.01. The van der Waals surface area contributed by atoms with E-state index in [1.54, 1.807) is 35.6 Å². The lowest BCUT2D eigenvalue weighted by atomic mass is 10.3. The molecule has 1 N–H and O–H groups in total. The normalized spacial score (nSPS) is 10.9. The lowest BCUT2D eigenvalue weighted by Gasteiger charge is -1.99. The molecule has 6 nitrogen and oxygen atoms in total. The molecule has 0 amide bonds. The van der Waals surface area contributed by atoms with E-state index in [1.165, 1.54) is 0 Å². The first kappa shape index (κ1) is 9.71. The summed E-state index contributed by atoms with van der Waals surface area (Å²) in [7, 11) is 1.86. The molecule has 0 unspecified atom stereocenters. The molecule has 84 valence electrons. The fourth-order valence-electron chi connectivity index (χ4n) is 1.65. The predicted octanol–water partition coefficient (Wildman–Crippen LogP) is 0.719. The molecule has 0 aliphatic rings. The van der Waals surface area contributed by atoms with E-state index in [0.29, 0.717) is 22.4 Å². The number of pyridine rings is 1. The zero-order valence-corrected chi connectivity index (χ0v) is 9.08. The van der Waals surface area contributed by atoms with E-state index in [0.717, 1.165) is 0 Å². The molecule has 0 aliphatic carbocycles. The number of hydrogen-bond acceptors (Lipinski definition) is 4. The molecule has 0 radical (unpaired) electrons. The summed E-state index contributed by atoms with van der Waals surface area (Å²) in [5.41, 5.74) is 1.02. The molecule has 0 fully saturated rings. The van der Waals surface area contributed by atoms with Crippen LogP contribution in [-0.4, -0.2) is 24.5 Å². The number of aryl methyl sites for hydroxylation is 1. The van der Waals surface area contributed by atoms with Crippen molar-refractivity contribution in [2.75, 3.05) is 0 Å². The van der Waals surface area contributed by atoms with Gasteiger partial charge < -0.3 is 9.55 Å². The highest BCUT2D eigenvalue weighted by Gasteiger charge is 2.07. The van der Waals surface area contributed by atoms with Crippen LogP contribution in [-0.2, 0) is 7.05 Å². The summed E-state index contributed by atoms with van der Waals surface area (Å²) >= 11 is 0. The summed E-state index contributed by atoms with van der Waals surface area (Å²) in [5.74, 6) is 0.455. The number of imidazole rings is 1. The van der Waals surface area contributed by atoms with Gasteiger partial charge in [0, 0.05) is 19.4 Å². The van der Waals surface area contributed by atoms with E-state index in [9.17, 15) is 4.79 Å². The minimum Gasteiger partial charge on any atom is -0.340 e. The first-order valence-electron chi connectivity index (χ1n) is 5.06. The van der Waals surface area contributed by atoms with Gasteiger partial charge in [-0.05, 0) is 6.07 Å². The number of aromatic amines is 1. The summed E-state index contributed by atoms with van der Waals surface area (Å²) in [6, 6.07) is 1.64. The Morgan fingerprint density at radius 2 is 2.29 bits per heavy atom. The molecule has 3 aromatic heterocycles. The Morgan fingerprint density at radius 1 is 1.41 bits per heavy atom. The number of nitrogens with one attached hydrogen (secondary N) is 1. The minimum atomic E-state index is -0.182. The Bertz CT molecular complexity index is 743. The predicted molar refractivity (Wildman–Crippen MR) is 62.4 cm³/mol. The molecule has 3 heterocycles. The van der Waals surface area contributed by atoms with E-state index in [-0.39, 0.29) is 5.56 Å². The Balaban J connectivity index is 2.29. The van der Waals surface area contributed by atoms with Crippen LogP contribution < -0.4 is 5.56 Å². The van der Waals surface area contributed by atoms with Gasteiger partial charge >= 0.3 is 0 Å². The molecular weight excluding hydrogens is 218 g/mol. The molecule has 0 spiro atoms. The Hall–Kier alpha value is -2.50. The monoisotopic (exact) mass is 227 g/mol. The second-order valence-corrected chi connectivity index (χ2v) is 3.73. The van der Waals surface area contributed by atoms with Gasteiger partial charge in [-0.3, -0.25) is 9.78 Å². The number of rotatable bonds is 1. The van der Waals surface area contributed by atoms with Crippen molar-refractivity contribution >= 4 is 10.9 Å². The topological polar surface area (TPSA) is 76.5 Å². The molecule has 0 aromatic carbocycles. The maximum atomic E-state index is 11.8. The summed E-state index contributed by atoms with van der Waals surface area (Å²) in [6.45, 7) is 0. The standard InChI is InChI=1S/C11H9N5O/c1-16-5-9(13-6-16)10-14-8-4-12-3-2-7(8)11(17)15-10/h2-6H,1H3,(H,14,15,17). The average molecular weight is 227 g/mol. The smallest absolute Gasteiger partial charge is 0.259 e. The summed E-state index contributed by atoms with van der Waals surface area (Å²) in [5, 5.41) is 0.527. The van der Waals surface area contributed by atoms with E-state index in [4.69, 9.17) is 0 Å². The quantitative estimate of drug-likeness (QED) is 0.664. The number of aromatic nitrogens is 5. The van der Waals surface area contributed by atoms with Gasteiger partial charge in [0.25, 0.3) is 5.56 Å². The van der Waals surface area contributed by atoms with E-state index in [2.05, 4.69) is 19.9 Å². The second kappa shape index (κ2) is 3.51. The zero-order valence-electron chi connectivity index (χ0n) is 9.08. The van der Waals surface area contributed by atoms with Crippen LogP contribution in [0.1, 0.15) is 0 Å². The van der Waals surface area contributed by atoms with Gasteiger partial charge in [0.2, 0.25) is 0 Å². The largest absolute Gasteiger partial charge is 0.340 e. The summed E-state index contributed by atoms with van der Waals surface area (Å²) in [6.07, 6.45) is 6.58. The first-order valence-corrected chi connectivity index (χ1v) is 5.06. The van der Waals surface area contributed by atoms with Gasteiger partial charge in [-0.1, -0.05) is 0 Å². The lowest BCUT2D eigenvalue weighted by Crippen LogP contribution is -2.09. The Morgan fingerprint density at radius 3 is 3.06 bits per heavy atom. The molecule has 3 rings (SSSR count). The van der Waals surface area contributed by atoms with E-state index < -0.39 is 0 Å². The van der Waals surface area contributed by atoms with Crippen molar-refractivity contribution in [3.8, 4) is 11.5 Å². The van der Waals surface area contributed by atoms with Crippen molar-refractivity contribution < 1.29 is 0 Å². The number of fused-ring (bicyclic) bond motifs is 1. The highest BCUT2D eigenvalue weighted by Crippen LogP contribution is 2.12. The van der Waals surface area contributed by atoms with Gasteiger partial charge in [-0.25, -0.2) is 9.97 Å². The average Bonchev–Trinajstić information content (AvgIpc) is 2.76. The molecule has 0 aliphatic heterocycles. The maximum Gasteiger partial charge on any atom is 0.259 e. The minimum absolute atomic E-state index is 0.182. The van der Waals surface area contributed by atoms with Crippen LogP contribution in [0.5, 0.6) is 0 Å². The highest BCUT2D eigenvalue weighted by molar-refractivity contribution is 5.77. The van der Waals surface area contributed by atoms with Crippen molar-refractivity contribution in [1.29, 1.82) is 0 Å². The van der Waals surface area contributed by atoms with Crippen LogP contribution in [0.2, 0.25) is 0 Å². The summed E-state index contributed by atoms with van der Waals surface area (Å²) in [4.78, 5) is 27.0. The van der Waals surface area contributed by atoms with Crippen LogP contribution in [0.25, 0.3) is 22.4 Å². The van der Waals surface area contributed by atoms with Crippen molar-refractivity contribution in [1.82, 2.24) is 24.5 Å². The number of nitrogens with zero attached hydrogens (tertiary/aromatic N) is 4.